The fourth-order valence-corrected chi connectivity index (χ4v) is 4.96. The lowest BCUT2D eigenvalue weighted by atomic mass is 10.4. The monoisotopic (exact) mass is 410 g/mol. The van der Waals surface area contributed by atoms with Crippen LogP contribution in [0.5, 0.6) is 0 Å². The van der Waals surface area contributed by atoms with Crippen LogP contribution in [0, 0.1) is 0 Å². The molecule has 0 aliphatic carbocycles. The fraction of sp³-hybridized carbons (Fsp3) is 0.500. The van der Waals surface area contributed by atoms with Gasteiger partial charge >= 0.3 is 0 Å². The van der Waals surface area contributed by atoms with Crippen LogP contribution in [-0.4, -0.2) is 51.4 Å². The van der Waals surface area contributed by atoms with Gasteiger partial charge in [-0.1, -0.05) is 0 Å². The summed E-state index contributed by atoms with van der Waals surface area (Å²) in [5, 5.41) is 0. The molecule has 122 valence electrons. The second-order valence-corrected chi connectivity index (χ2v) is 8.96. The molecule has 0 atom stereocenters. The highest BCUT2D eigenvalue weighted by molar-refractivity contribution is 9.11. The van der Waals surface area contributed by atoms with Crippen LogP contribution in [0.25, 0.3) is 0 Å². The number of imide groups is 1. The van der Waals surface area contributed by atoms with E-state index in [0.717, 1.165) is 15.1 Å². The van der Waals surface area contributed by atoms with Crippen molar-refractivity contribution in [2.45, 2.75) is 17.1 Å². The Morgan fingerprint density at radius 1 is 1.23 bits per heavy atom. The van der Waals surface area contributed by atoms with Crippen molar-refractivity contribution in [3.05, 3.63) is 15.9 Å². The van der Waals surface area contributed by atoms with E-state index in [-0.39, 0.29) is 55.2 Å². The van der Waals surface area contributed by atoms with E-state index in [1.807, 2.05) is 0 Å². The molecule has 1 N–H and O–H groups in total. The Morgan fingerprint density at radius 2 is 1.91 bits per heavy atom. The maximum atomic E-state index is 11.9. The first-order valence-corrected chi connectivity index (χ1v) is 9.65. The van der Waals surface area contributed by atoms with E-state index in [0.29, 0.717) is 0 Å². The van der Waals surface area contributed by atoms with Crippen molar-refractivity contribution >= 4 is 49.1 Å². The van der Waals surface area contributed by atoms with Crippen molar-refractivity contribution < 1.29 is 22.7 Å². The van der Waals surface area contributed by atoms with E-state index in [1.165, 1.54) is 11.0 Å². The van der Waals surface area contributed by atoms with Crippen LogP contribution in [0.1, 0.15) is 12.8 Å². The number of thiophene rings is 1. The number of nitrogens with zero attached hydrogens (tertiary/aromatic N) is 1. The molecule has 0 unspecified atom stereocenters. The van der Waals surface area contributed by atoms with Gasteiger partial charge in [-0.05, 0) is 28.1 Å². The maximum absolute atomic E-state index is 11.9. The van der Waals surface area contributed by atoms with Crippen LogP contribution >= 0.6 is 27.3 Å². The van der Waals surface area contributed by atoms with Crippen molar-refractivity contribution in [2.75, 3.05) is 26.3 Å². The summed E-state index contributed by atoms with van der Waals surface area (Å²) in [5.74, 6) is -0.366. The lowest BCUT2D eigenvalue weighted by Gasteiger charge is -2.13. The molecule has 1 aliphatic heterocycles. The number of carbonyl (C=O) groups excluding carboxylic acids is 2. The van der Waals surface area contributed by atoms with Crippen molar-refractivity contribution in [1.29, 1.82) is 0 Å². The average molecular weight is 411 g/mol. The van der Waals surface area contributed by atoms with Crippen LogP contribution in [0.3, 0.4) is 0 Å². The van der Waals surface area contributed by atoms with Gasteiger partial charge in [-0.15, -0.1) is 11.3 Å². The first-order valence-electron chi connectivity index (χ1n) is 6.56. The van der Waals surface area contributed by atoms with Crippen molar-refractivity contribution in [3.63, 3.8) is 0 Å². The number of nitrogens with one attached hydrogen (secondary N) is 1. The van der Waals surface area contributed by atoms with Gasteiger partial charge in [0.15, 0.2) is 0 Å². The molecule has 1 aliphatic rings. The summed E-state index contributed by atoms with van der Waals surface area (Å²) in [6, 6.07) is 3.18. The van der Waals surface area contributed by atoms with E-state index < -0.39 is 10.0 Å². The Bertz CT molecular complexity index is 642. The quantitative estimate of drug-likeness (QED) is 0.508. The molecule has 7 nitrogen and oxygen atoms in total. The highest BCUT2D eigenvalue weighted by Gasteiger charge is 2.28. The minimum absolute atomic E-state index is 0.125. The van der Waals surface area contributed by atoms with Gasteiger partial charge in [0.05, 0.1) is 23.5 Å². The molecule has 10 heteroatoms. The highest BCUT2D eigenvalue weighted by atomic mass is 79.9. The van der Waals surface area contributed by atoms with Gasteiger partial charge in [-0.3, -0.25) is 14.5 Å². The molecule has 0 radical (unpaired) electrons. The van der Waals surface area contributed by atoms with Gasteiger partial charge in [-0.25, -0.2) is 13.1 Å². The highest BCUT2D eigenvalue weighted by Crippen LogP contribution is 2.25. The molecular weight excluding hydrogens is 396 g/mol. The van der Waals surface area contributed by atoms with Crippen molar-refractivity contribution in [3.8, 4) is 0 Å². The lowest BCUT2D eigenvalue weighted by Crippen LogP contribution is -2.33. The molecule has 0 spiro atoms. The number of hydrogen-bond acceptors (Lipinski definition) is 6. The minimum atomic E-state index is -3.52. The standard InChI is InChI=1S/C12H15BrN2O5S2/c13-9-1-4-12(21-9)22(18,19)14-5-7-20-8-6-15-10(16)2-3-11(15)17/h1,4,14H,2-3,5-8H2. The van der Waals surface area contributed by atoms with Crippen LogP contribution in [0.2, 0.25) is 0 Å². The summed E-state index contributed by atoms with van der Waals surface area (Å²) >= 11 is 4.33. The first kappa shape index (κ1) is 17.5. The van der Waals surface area contributed by atoms with E-state index >= 15 is 0 Å². The van der Waals surface area contributed by atoms with Gasteiger partial charge in [0.25, 0.3) is 0 Å². The zero-order valence-corrected chi connectivity index (χ0v) is 14.8. The Labute approximate surface area is 140 Å². The molecule has 1 aromatic rings. The zero-order valence-electron chi connectivity index (χ0n) is 11.6. The Balaban J connectivity index is 1.65. The molecule has 2 amide bonds. The van der Waals surface area contributed by atoms with Crippen molar-refractivity contribution in [2.24, 2.45) is 0 Å². The van der Waals surface area contributed by atoms with Crippen molar-refractivity contribution in [1.82, 2.24) is 9.62 Å². The minimum Gasteiger partial charge on any atom is -0.378 e. The molecule has 1 aromatic heterocycles. The number of halogens is 1. The van der Waals surface area contributed by atoms with Gasteiger partial charge in [-0.2, -0.15) is 0 Å². The number of hydrogen-bond donors (Lipinski definition) is 1. The summed E-state index contributed by atoms with van der Waals surface area (Å²) in [4.78, 5) is 23.9. The molecule has 0 bridgehead atoms. The van der Waals surface area contributed by atoms with E-state index in [9.17, 15) is 18.0 Å². The van der Waals surface area contributed by atoms with Crippen LogP contribution < -0.4 is 4.72 Å². The third-order valence-electron chi connectivity index (χ3n) is 2.97. The average Bonchev–Trinajstić information content (AvgIpc) is 3.02. The normalized spacial score (nSPS) is 15.8. The SMILES string of the molecule is O=C1CCC(=O)N1CCOCCNS(=O)(=O)c1ccc(Br)s1. The Kier molecular flexibility index (Phi) is 6.09. The Hall–Kier alpha value is -0.810. The molecule has 0 aromatic carbocycles. The molecule has 2 rings (SSSR count). The molecule has 2 heterocycles. The topological polar surface area (TPSA) is 92.8 Å². The second-order valence-electron chi connectivity index (χ2n) is 4.51. The first-order chi connectivity index (χ1) is 10.4. The summed E-state index contributed by atoms with van der Waals surface area (Å²) < 4.78 is 32.4. The van der Waals surface area contributed by atoms with Gasteiger partial charge in [0, 0.05) is 19.4 Å². The number of amides is 2. The molecule has 0 saturated carbocycles. The van der Waals surface area contributed by atoms with Gasteiger partial charge in [0.1, 0.15) is 4.21 Å². The summed E-state index contributed by atoms with van der Waals surface area (Å²) in [5.41, 5.74) is 0. The van der Waals surface area contributed by atoms with E-state index in [1.54, 1.807) is 6.07 Å². The van der Waals surface area contributed by atoms with Crippen LogP contribution in [0.15, 0.2) is 20.1 Å². The summed E-state index contributed by atoms with van der Waals surface area (Å²) in [6.07, 6.45) is 0.518. The van der Waals surface area contributed by atoms with Gasteiger partial charge in [0.2, 0.25) is 21.8 Å². The van der Waals surface area contributed by atoms with Crippen LogP contribution in [0.4, 0.5) is 0 Å². The fourth-order valence-electron chi connectivity index (χ4n) is 1.89. The largest absolute Gasteiger partial charge is 0.378 e. The summed E-state index contributed by atoms with van der Waals surface area (Å²) in [6.45, 7) is 0.702. The maximum Gasteiger partial charge on any atom is 0.250 e. The molecule has 1 saturated heterocycles. The molecular formula is C12H15BrN2O5S2. The van der Waals surface area contributed by atoms with E-state index in [2.05, 4.69) is 20.7 Å². The summed E-state index contributed by atoms with van der Waals surface area (Å²) in [7, 11) is -3.52. The zero-order chi connectivity index (χ0) is 16.2. The molecule has 22 heavy (non-hydrogen) atoms. The third kappa shape index (κ3) is 4.59. The van der Waals surface area contributed by atoms with E-state index in [4.69, 9.17) is 4.74 Å². The lowest BCUT2D eigenvalue weighted by molar-refractivity contribution is -0.139. The third-order valence-corrected chi connectivity index (χ3v) is 6.54. The number of carbonyl (C=O) groups is 2. The van der Waals surface area contributed by atoms with Crippen LogP contribution in [-0.2, 0) is 24.3 Å². The predicted molar refractivity (Wildman–Crippen MR) is 84.0 cm³/mol. The molecule has 1 fully saturated rings. The number of ether oxygens (including phenoxy) is 1. The smallest absolute Gasteiger partial charge is 0.250 e. The predicted octanol–water partition coefficient (Wildman–Crippen LogP) is 0.955. The Morgan fingerprint density at radius 3 is 2.50 bits per heavy atom. The number of rotatable bonds is 8. The number of likely N-dealkylation sites (tertiary alicyclic amines) is 1. The number of sulfonamides is 1. The second kappa shape index (κ2) is 7.64. The van der Waals surface area contributed by atoms with Gasteiger partial charge < -0.3 is 4.74 Å².